The smallest absolute Gasteiger partial charge is 0.220 e. The minimum Gasteiger partial charge on any atom is -0.488 e. The van der Waals surface area contributed by atoms with Gasteiger partial charge in [0.15, 0.2) is 0 Å². The summed E-state index contributed by atoms with van der Waals surface area (Å²) in [5.41, 5.74) is 1.08. The van der Waals surface area contributed by atoms with Crippen LogP contribution in [0.15, 0.2) is 36.7 Å². The summed E-state index contributed by atoms with van der Waals surface area (Å²) < 4.78 is 24.6. The lowest BCUT2D eigenvalue weighted by Crippen LogP contribution is -2.51. The van der Waals surface area contributed by atoms with E-state index in [0.717, 1.165) is 18.4 Å². The second-order valence-corrected chi connectivity index (χ2v) is 6.11. The molecule has 1 aliphatic rings. The number of amides is 1. The number of hydrogen-bond acceptors (Lipinski definition) is 4. The molecular formula is C18H22FN3O3. The molecule has 0 spiro atoms. The molecule has 0 unspecified atom stereocenters. The quantitative estimate of drug-likeness (QED) is 0.805. The zero-order valence-electron chi connectivity index (χ0n) is 13.9. The Kier molecular flexibility index (Phi) is 6.00. The van der Waals surface area contributed by atoms with Gasteiger partial charge in [-0.2, -0.15) is 5.10 Å². The highest BCUT2D eigenvalue weighted by Crippen LogP contribution is 2.19. The van der Waals surface area contributed by atoms with Gasteiger partial charge in [-0.25, -0.2) is 4.39 Å². The van der Waals surface area contributed by atoms with Crippen molar-refractivity contribution in [1.82, 2.24) is 15.5 Å². The number of nitrogens with one attached hydrogen (secondary N) is 2. The standard InChI is InChI=1S/C18H22FN3O3/c19-14-4-2-5-15(9-14)25-17-7-8-24-12-16(17)22-18(23)6-1-3-13-10-20-21-11-13/h2,4-5,9-11,16-17H,1,3,6-8,12H2,(H,20,21)(H,22,23)/t16-,17+/m1/s1. The Labute approximate surface area is 145 Å². The maximum Gasteiger partial charge on any atom is 0.220 e. The lowest BCUT2D eigenvalue weighted by atomic mass is 10.1. The van der Waals surface area contributed by atoms with Gasteiger partial charge in [-0.3, -0.25) is 9.89 Å². The third kappa shape index (κ3) is 5.29. The van der Waals surface area contributed by atoms with E-state index in [2.05, 4.69) is 15.5 Å². The maximum absolute atomic E-state index is 13.3. The lowest BCUT2D eigenvalue weighted by molar-refractivity contribution is -0.124. The molecule has 0 bridgehead atoms. The van der Waals surface area contributed by atoms with Crippen LogP contribution in [0.2, 0.25) is 0 Å². The summed E-state index contributed by atoms with van der Waals surface area (Å²) in [7, 11) is 0. The van der Waals surface area contributed by atoms with Crippen LogP contribution < -0.4 is 10.1 Å². The summed E-state index contributed by atoms with van der Waals surface area (Å²) in [6.07, 6.45) is 5.98. The number of halogens is 1. The predicted molar refractivity (Wildman–Crippen MR) is 89.7 cm³/mol. The number of aromatic amines is 1. The van der Waals surface area contributed by atoms with Gasteiger partial charge < -0.3 is 14.8 Å². The highest BCUT2D eigenvalue weighted by molar-refractivity contribution is 5.76. The van der Waals surface area contributed by atoms with Crippen molar-refractivity contribution in [3.05, 3.63) is 48.0 Å². The van der Waals surface area contributed by atoms with Crippen molar-refractivity contribution in [2.24, 2.45) is 0 Å². The molecule has 0 radical (unpaired) electrons. The molecule has 1 aromatic heterocycles. The van der Waals surface area contributed by atoms with Crippen molar-refractivity contribution in [1.29, 1.82) is 0 Å². The van der Waals surface area contributed by atoms with Crippen LogP contribution in [-0.4, -0.2) is 41.5 Å². The molecular weight excluding hydrogens is 325 g/mol. The number of benzene rings is 1. The summed E-state index contributed by atoms with van der Waals surface area (Å²) >= 11 is 0. The fourth-order valence-corrected chi connectivity index (χ4v) is 2.86. The fraction of sp³-hybridized carbons (Fsp3) is 0.444. The molecule has 2 atom stereocenters. The molecule has 1 aliphatic heterocycles. The number of rotatable bonds is 7. The van der Waals surface area contributed by atoms with Gasteiger partial charge in [0.2, 0.25) is 5.91 Å². The Hall–Kier alpha value is -2.41. The number of aryl methyl sites for hydroxylation is 1. The van der Waals surface area contributed by atoms with Crippen molar-refractivity contribution in [2.45, 2.75) is 37.8 Å². The van der Waals surface area contributed by atoms with Crippen molar-refractivity contribution in [3.8, 4) is 5.75 Å². The maximum atomic E-state index is 13.3. The Morgan fingerprint density at radius 2 is 2.40 bits per heavy atom. The van der Waals surface area contributed by atoms with E-state index in [9.17, 15) is 9.18 Å². The van der Waals surface area contributed by atoms with E-state index in [0.29, 0.717) is 31.8 Å². The summed E-state index contributed by atoms with van der Waals surface area (Å²) in [5, 5.41) is 9.62. The van der Waals surface area contributed by atoms with E-state index < -0.39 is 0 Å². The third-order valence-electron chi connectivity index (χ3n) is 4.15. The fourth-order valence-electron chi connectivity index (χ4n) is 2.86. The average Bonchev–Trinajstić information content (AvgIpc) is 3.10. The van der Waals surface area contributed by atoms with E-state index in [-0.39, 0.29) is 23.9 Å². The topological polar surface area (TPSA) is 76.2 Å². The van der Waals surface area contributed by atoms with Gasteiger partial charge in [0.25, 0.3) is 0 Å². The van der Waals surface area contributed by atoms with Gasteiger partial charge in [-0.05, 0) is 30.5 Å². The van der Waals surface area contributed by atoms with Gasteiger partial charge in [0.1, 0.15) is 17.7 Å². The third-order valence-corrected chi connectivity index (χ3v) is 4.15. The van der Waals surface area contributed by atoms with Crippen LogP contribution in [0.3, 0.4) is 0 Å². The summed E-state index contributed by atoms with van der Waals surface area (Å²) in [4.78, 5) is 12.2. The molecule has 1 saturated heterocycles. The molecule has 1 amide bonds. The minimum atomic E-state index is -0.343. The van der Waals surface area contributed by atoms with Crippen LogP contribution in [0.1, 0.15) is 24.8 Å². The van der Waals surface area contributed by atoms with E-state index in [4.69, 9.17) is 9.47 Å². The molecule has 2 aromatic rings. The highest BCUT2D eigenvalue weighted by Gasteiger charge is 2.28. The first-order valence-corrected chi connectivity index (χ1v) is 8.48. The minimum absolute atomic E-state index is 0.0353. The molecule has 1 aromatic carbocycles. The molecule has 2 heterocycles. The van der Waals surface area contributed by atoms with Crippen LogP contribution in [0, 0.1) is 5.82 Å². The van der Waals surface area contributed by atoms with Crippen molar-refractivity contribution >= 4 is 5.91 Å². The molecule has 134 valence electrons. The monoisotopic (exact) mass is 347 g/mol. The average molecular weight is 347 g/mol. The van der Waals surface area contributed by atoms with Gasteiger partial charge >= 0.3 is 0 Å². The molecule has 25 heavy (non-hydrogen) atoms. The number of nitrogens with zero attached hydrogens (tertiary/aromatic N) is 1. The van der Waals surface area contributed by atoms with Crippen molar-refractivity contribution in [3.63, 3.8) is 0 Å². The van der Waals surface area contributed by atoms with Crippen molar-refractivity contribution < 1.29 is 18.7 Å². The SMILES string of the molecule is O=C(CCCc1cn[nH]c1)N[C@@H]1COCC[C@@H]1Oc1cccc(F)c1. The Balaban J connectivity index is 1.49. The first-order chi connectivity index (χ1) is 12.2. The van der Waals surface area contributed by atoms with E-state index in [1.165, 1.54) is 12.1 Å². The summed E-state index contributed by atoms with van der Waals surface area (Å²) in [6, 6.07) is 5.80. The van der Waals surface area contributed by atoms with Crippen LogP contribution in [0.5, 0.6) is 5.75 Å². The number of carbonyl (C=O) groups excluding carboxylic acids is 1. The zero-order chi connectivity index (χ0) is 17.5. The number of ether oxygens (including phenoxy) is 2. The highest BCUT2D eigenvalue weighted by atomic mass is 19.1. The van der Waals surface area contributed by atoms with Crippen LogP contribution in [0.25, 0.3) is 0 Å². The van der Waals surface area contributed by atoms with Crippen LogP contribution in [0.4, 0.5) is 4.39 Å². The van der Waals surface area contributed by atoms with E-state index in [1.807, 2.05) is 6.20 Å². The normalized spacial score (nSPS) is 20.2. The second kappa shape index (κ2) is 8.62. The zero-order valence-corrected chi connectivity index (χ0v) is 13.9. The molecule has 3 rings (SSSR count). The van der Waals surface area contributed by atoms with Crippen molar-refractivity contribution in [2.75, 3.05) is 13.2 Å². The number of carbonyl (C=O) groups is 1. The number of aromatic nitrogens is 2. The predicted octanol–water partition coefficient (Wildman–Crippen LogP) is 2.22. The number of hydrogen-bond donors (Lipinski definition) is 2. The van der Waals surface area contributed by atoms with E-state index in [1.54, 1.807) is 18.3 Å². The summed E-state index contributed by atoms with van der Waals surface area (Å²) in [5.74, 6) is 0.0855. The Morgan fingerprint density at radius 1 is 1.48 bits per heavy atom. The number of H-pyrrole nitrogens is 1. The van der Waals surface area contributed by atoms with Gasteiger partial charge in [0, 0.05) is 25.1 Å². The molecule has 7 heteroatoms. The molecule has 6 nitrogen and oxygen atoms in total. The first kappa shape index (κ1) is 17.4. The lowest BCUT2D eigenvalue weighted by Gasteiger charge is -2.32. The van der Waals surface area contributed by atoms with Crippen LogP contribution >= 0.6 is 0 Å². The van der Waals surface area contributed by atoms with Gasteiger partial charge in [-0.1, -0.05) is 6.07 Å². The molecule has 0 aliphatic carbocycles. The molecule has 1 fully saturated rings. The largest absolute Gasteiger partial charge is 0.488 e. The molecule has 2 N–H and O–H groups in total. The van der Waals surface area contributed by atoms with Crippen LogP contribution in [-0.2, 0) is 16.0 Å². The summed E-state index contributed by atoms with van der Waals surface area (Å²) in [6.45, 7) is 0.959. The van der Waals surface area contributed by atoms with E-state index >= 15 is 0 Å². The van der Waals surface area contributed by atoms with Gasteiger partial charge in [-0.15, -0.1) is 0 Å². The Bertz CT molecular complexity index is 678. The first-order valence-electron chi connectivity index (χ1n) is 8.48. The Morgan fingerprint density at radius 3 is 3.20 bits per heavy atom. The van der Waals surface area contributed by atoms with Gasteiger partial charge in [0.05, 0.1) is 25.5 Å². The second-order valence-electron chi connectivity index (χ2n) is 6.11. The molecule has 0 saturated carbocycles.